The van der Waals surface area contributed by atoms with E-state index in [9.17, 15) is 4.79 Å². The van der Waals surface area contributed by atoms with Gasteiger partial charge in [-0.05, 0) is 45.4 Å². The number of unbranched alkanes of at least 4 members (excludes halogenated alkanes) is 1. The molecular weight excluding hydrogens is 244 g/mol. The molecule has 2 aliphatic rings. The first-order chi connectivity index (χ1) is 9.22. The van der Waals surface area contributed by atoms with Gasteiger partial charge >= 0.3 is 6.03 Å². The molecule has 110 valence electrons. The summed E-state index contributed by atoms with van der Waals surface area (Å²) in [6.45, 7) is 3.78. The lowest BCUT2D eigenvalue weighted by molar-refractivity contribution is 0.0829. The minimum absolute atomic E-state index is 0.0310. The second-order valence-electron chi connectivity index (χ2n) is 5.64. The van der Waals surface area contributed by atoms with Crippen LogP contribution in [0.2, 0.25) is 0 Å². The predicted octanol–water partition coefficient (Wildman–Crippen LogP) is 1.50. The Balaban J connectivity index is 1.77. The third-order valence-corrected chi connectivity index (χ3v) is 3.93. The molecule has 2 atom stereocenters. The average molecular weight is 270 g/mol. The standard InChI is InChI=1S/C14H26N2O3/c1-11(13-5-4-10-19-13)15-14(18)16(12-6-7-12)8-2-3-9-17/h11-13,17H,2-10H2,1H3,(H,15,18). The second-order valence-corrected chi connectivity index (χ2v) is 5.64. The summed E-state index contributed by atoms with van der Waals surface area (Å²) in [5.74, 6) is 0. The zero-order valence-corrected chi connectivity index (χ0v) is 11.8. The van der Waals surface area contributed by atoms with E-state index in [1.54, 1.807) is 0 Å². The van der Waals surface area contributed by atoms with Crippen LogP contribution in [0.25, 0.3) is 0 Å². The first kappa shape index (κ1) is 14.6. The maximum Gasteiger partial charge on any atom is 0.317 e. The zero-order valence-electron chi connectivity index (χ0n) is 11.8. The van der Waals surface area contributed by atoms with Crippen molar-refractivity contribution in [2.24, 2.45) is 0 Å². The van der Waals surface area contributed by atoms with Gasteiger partial charge in [0.2, 0.25) is 0 Å². The quantitative estimate of drug-likeness (QED) is 0.689. The Bertz CT molecular complexity index is 288. The monoisotopic (exact) mass is 270 g/mol. The number of hydrogen-bond donors (Lipinski definition) is 2. The second kappa shape index (κ2) is 7.10. The summed E-state index contributed by atoms with van der Waals surface area (Å²) in [6, 6.07) is 0.521. The van der Waals surface area contributed by atoms with Crippen molar-refractivity contribution in [3.8, 4) is 0 Å². The van der Waals surface area contributed by atoms with E-state index < -0.39 is 0 Å². The Morgan fingerprint density at radius 2 is 2.21 bits per heavy atom. The number of amides is 2. The maximum absolute atomic E-state index is 12.3. The molecule has 0 aromatic rings. The molecule has 1 aliphatic heterocycles. The lowest BCUT2D eigenvalue weighted by atomic mass is 10.1. The number of urea groups is 1. The highest BCUT2D eigenvalue weighted by Crippen LogP contribution is 2.27. The lowest BCUT2D eigenvalue weighted by Gasteiger charge is -2.27. The molecule has 0 aromatic heterocycles. The summed E-state index contributed by atoms with van der Waals surface area (Å²) >= 11 is 0. The molecule has 2 amide bonds. The van der Waals surface area contributed by atoms with Gasteiger partial charge in [0.1, 0.15) is 0 Å². The van der Waals surface area contributed by atoms with Gasteiger partial charge in [-0.1, -0.05) is 0 Å². The minimum Gasteiger partial charge on any atom is -0.396 e. The van der Waals surface area contributed by atoms with Crippen LogP contribution >= 0.6 is 0 Å². The van der Waals surface area contributed by atoms with Crippen LogP contribution in [0.4, 0.5) is 4.79 Å². The van der Waals surface area contributed by atoms with E-state index in [2.05, 4.69) is 5.32 Å². The summed E-state index contributed by atoms with van der Waals surface area (Å²) in [5, 5.41) is 11.9. The predicted molar refractivity (Wildman–Crippen MR) is 73.0 cm³/mol. The lowest BCUT2D eigenvalue weighted by Crippen LogP contribution is -2.49. The molecule has 1 aliphatic carbocycles. The average Bonchev–Trinajstić information content (AvgIpc) is 3.07. The fraction of sp³-hybridized carbons (Fsp3) is 0.929. The molecule has 1 heterocycles. The van der Waals surface area contributed by atoms with Crippen molar-refractivity contribution >= 4 is 6.03 Å². The largest absolute Gasteiger partial charge is 0.396 e. The highest BCUT2D eigenvalue weighted by atomic mass is 16.5. The van der Waals surface area contributed by atoms with E-state index in [-0.39, 0.29) is 24.8 Å². The normalized spacial score (nSPS) is 24.2. The number of rotatable bonds is 7. The molecule has 0 aromatic carbocycles. The highest BCUT2D eigenvalue weighted by molar-refractivity contribution is 5.75. The van der Waals surface area contributed by atoms with E-state index in [1.165, 1.54) is 0 Å². The van der Waals surface area contributed by atoms with Crippen molar-refractivity contribution in [3.63, 3.8) is 0 Å². The van der Waals surface area contributed by atoms with E-state index >= 15 is 0 Å². The molecule has 0 radical (unpaired) electrons. The van der Waals surface area contributed by atoms with Crippen LogP contribution in [-0.4, -0.2) is 54.0 Å². The summed E-state index contributed by atoms with van der Waals surface area (Å²) in [6.07, 6.45) is 6.15. The fourth-order valence-corrected chi connectivity index (χ4v) is 2.60. The van der Waals surface area contributed by atoms with Gasteiger partial charge in [-0.25, -0.2) is 4.79 Å². The molecule has 0 bridgehead atoms. The maximum atomic E-state index is 12.3. The Morgan fingerprint density at radius 3 is 2.79 bits per heavy atom. The van der Waals surface area contributed by atoms with Crippen molar-refractivity contribution in [2.45, 2.75) is 63.6 Å². The molecule has 2 fully saturated rings. The number of hydrogen-bond acceptors (Lipinski definition) is 3. The van der Waals surface area contributed by atoms with Crippen molar-refractivity contribution in [2.75, 3.05) is 19.8 Å². The molecule has 2 rings (SSSR count). The summed E-state index contributed by atoms with van der Waals surface area (Å²) in [5.41, 5.74) is 0. The summed E-state index contributed by atoms with van der Waals surface area (Å²) < 4.78 is 5.60. The van der Waals surface area contributed by atoms with Crippen LogP contribution in [0.5, 0.6) is 0 Å². The van der Waals surface area contributed by atoms with Gasteiger partial charge < -0.3 is 20.1 Å². The fourth-order valence-electron chi connectivity index (χ4n) is 2.60. The van der Waals surface area contributed by atoms with Gasteiger partial charge in [0, 0.05) is 25.8 Å². The Labute approximate surface area is 115 Å². The van der Waals surface area contributed by atoms with Gasteiger partial charge in [-0.3, -0.25) is 0 Å². The number of nitrogens with zero attached hydrogens (tertiary/aromatic N) is 1. The molecule has 1 saturated heterocycles. The highest BCUT2D eigenvalue weighted by Gasteiger charge is 2.33. The van der Waals surface area contributed by atoms with Crippen molar-refractivity contribution in [1.82, 2.24) is 10.2 Å². The van der Waals surface area contributed by atoms with Crippen molar-refractivity contribution < 1.29 is 14.6 Å². The third kappa shape index (κ3) is 4.35. The number of carbonyl (C=O) groups excluding carboxylic acids is 1. The minimum atomic E-state index is 0.0310. The Kier molecular flexibility index (Phi) is 5.45. The zero-order chi connectivity index (χ0) is 13.7. The third-order valence-electron chi connectivity index (χ3n) is 3.93. The number of nitrogens with one attached hydrogen (secondary N) is 1. The van der Waals surface area contributed by atoms with E-state index in [1.807, 2.05) is 11.8 Å². The number of ether oxygens (including phenoxy) is 1. The molecule has 2 unspecified atom stereocenters. The molecule has 1 saturated carbocycles. The number of carbonyl (C=O) groups is 1. The topological polar surface area (TPSA) is 61.8 Å². The van der Waals surface area contributed by atoms with Crippen LogP contribution in [0.1, 0.15) is 45.4 Å². The molecule has 5 heteroatoms. The molecular formula is C14H26N2O3. The van der Waals surface area contributed by atoms with Gasteiger partial charge in [-0.2, -0.15) is 0 Å². The Hall–Kier alpha value is -0.810. The molecule has 19 heavy (non-hydrogen) atoms. The van der Waals surface area contributed by atoms with Crippen LogP contribution in [0.3, 0.4) is 0 Å². The SMILES string of the molecule is CC(NC(=O)N(CCCCO)C1CC1)C1CCCO1. The van der Waals surface area contributed by atoms with Crippen LogP contribution < -0.4 is 5.32 Å². The van der Waals surface area contributed by atoms with E-state index in [0.717, 1.165) is 51.7 Å². The Morgan fingerprint density at radius 1 is 1.42 bits per heavy atom. The number of aliphatic hydroxyl groups excluding tert-OH is 1. The molecule has 2 N–H and O–H groups in total. The van der Waals surface area contributed by atoms with Crippen molar-refractivity contribution in [3.05, 3.63) is 0 Å². The van der Waals surface area contributed by atoms with E-state index in [0.29, 0.717) is 6.04 Å². The number of aliphatic hydroxyl groups is 1. The van der Waals surface area contributed by atoms with Crippen LogP contribution in [0, 0.1) is 0 Å². The van der Waals surface area contributed by atoms with Crippen molar-refractivity contribution in [1.29, 1.82) is 0 Å². The van der Waals surface area contributed by atoms with Gasteiger partial charge in [0.15, 0.2) is 0 Å². The summed E-state index contributed by atoms with van der Waals surface area (Å²) in [4.78, 5) is 14.2. The smallest absolute Gasteiger partial charge is 0.317 e. The summed E-state index contributed by atoms with van der Waals surface area (Å²) in [7, 11) is 0. The van der Waals surface area contributed by atoms with Gasteiger partial charge in [0.25, 0.3) is 0 Å². The van der Waals surface area contributed by atoms with Gasteiger partial charge in [-0.15, -0.1) is 0 Å². The van der Waals surface area contributed by atoms with Crippen LogP contribution in [-0.2, 0) is 4.74 Å². The van der Waals surface area contributed by atoms with Gasteiger partial charge in [0.05, 0.1) is 12.1 Å². The molecule has 0 spiro atoms. The van der Waals surface area contributed by atoms with E-state index in [4.69, 9.17) is 9.84 Å². The first-order valence-electron chi connectivity index (χ1n) is 7.52. The molecule has 5 nitrogen and oxygen atoms in total. The first-order valence-corrected chi connectivity index (χ1v) is 7.52. The van der Waals surface area contributed by atoms with Crippen LogP contribution in [0.15, 0.2) is 0 Å².